The number of hydrogen-bond acceptors (Lipinski definition) is 3. The lowest BCUT2D eigenvalue weighted by molar-refractivity contribution is 0.315. The van der Waals surface area contributed by atoms with E-state index in [9.17, 15) is 0 Å². The maximum absolute atomic E-state index is 5.97. The van der Waals surface area contributed by atoms with Gasteiger partial charge in [-0.1, -0.05) is 29.8 Å². The minimum absolute atomic E-state index is 0.667. The van der Waals surface area contributed by atoms with Gasteiger partial charge in [-0.2, -0.15) is 0 Å². The second-order valence-corrected chi connectivity index (χ2v) is 4.72. The van der Waals surface area contributed by atoms with Crippen LogP contribution in [-0.2, 0) is 0 Å². The van der Waals surface area contributed by atoms with Crippen molar-refractivity contribution < 1.29 is 9.47 Å². The molecule has 1 N–H and O–H groups in total. The Labute approximate surface area is 124 Å². The van der Waals surface area contributed by atoms with Crippen molar-refractivity contribution in [2.75, 3.05) is 25.6 Å². The quantitative estimate of drug-likeness (QED) is 0.774. The molecule has 0 fully saturated rings. The summed E-state index contributed by atoms with van der Waals surface area (Å²) in [4.78, 5) is 0. The van der Waals surface area contributed by atoms with Gasteiger partial charge in [-0.3, -0.25) is 0 Å². The molecule has 0 aliphatic rings. The summed E-state index contributed by atoms with van der Waals surface area (Å²) in [5.74, 6) is 1.69. The second kappa shape index (κ2) is 7.65. The zero-order valence-electron chi connectivity index (χ0n) is 11.4. The first kappa shape index (κ1) is 14.5. The topological polar surface area (TPSA) is 30.5 Å². The van der Waals surface area contributed by atoms with Crippen LogP contribution in [0.4, 0.5) is 5.69 Å². The third-order valence-electron chi connectivity index (χ3n) is 2.81. The van der Waals surface area contributed by atoms with Gasteiger partial charge in [0.1, 0.15) is 11.5 Å². The van der Waals surface area contributed by atoms with Crippen molar-refractivity contribution in [3.63, 3.8) is 0 Å². The van der Waals surface area contributed by atoms with Gasteiger partial charge in [-0.15, -0.1) is 0 Å². The monoisotopic (exact) mass is 291 g/mol. The first-order chi connectivity index (χ1) is 9.79. The number of halogens is 1. The molecule has 2 rings (SSSR count). The molecular weight excluding hydrogens is 274 g/mol. The van der Waals surface area contributed by atoms with Gasteiger partial charge < -0.3 is 14.8 Å². The zero-order valence-corrected chi connectivity index (χ0v) is 12.2. The average Bonchev–Trinajstić information content (AvgIpc) is 2.48. The minimum Gasteiger partial charge on any atom is -0.495 e. The first-order valence-corrected chi connectivity index (χ1v) is 6.92. The largest absolute Gasteiger partial charge is 0.495 e. The summed E-state index contributed by atoms with van der Waals surface area (Å²) in [5, 5.41) is 3.99. The maximum Gasteiger partial charge on any atom is 0.142 e. The van der Waals surface area contributed by atoms with Crippen LogP contribution in [0.15, 0.2) is 48.5 Å². The SMILES string of the molecule is COc1ccc(Cl)cc1NCCCOc1ccccc1. The van der Waals surface area contributed by atoms with Crippen LogP contribution < -0.4 is 14.8 Å². The third-order valence-corrected chi connectivity index (χ3v) is 3.05. The first-order valence-electron chi connectivity index (χ1n) is 6.55. The van der Waals surface area contributed by atoms with Gasteiger partial charge in [0.15, 0.2) is 0 Å². The van der Waals surface area contributed by atoms with Crippen molar-refractivity contribution in [1.82, 2.24) is 0 Å². The summed E-state index contributed by atoms with van der Waals surface area (Å²) >= 11 is 5.97. The van der Waals surface area contributed by atoms with Crippen LogP contribution >= 0.6 is 11.6 Å². The Balaban J connectivity index is 1.75. The van der Waals surface area contributed by atoms with Crippen molar-refractivity contribution in [2.45, 2.75) is 6.42 Å². The molecule has 0 heterocycles. The fraction of sp³-hybridized carbons (Fsp3) is 0.250. The highest BCUT2D eigenvalue weighted by molar-refractivity contribution is 6.30. The molecule has 0 aromatic heterocycles. The van der Waals surface area contributed by atoms with Crippen LogP contribution in [0, 0.1) is 0 Å². The zero-order chi connectivity index (χ0) is 14.2. The van der Waals surface area contributed by atoms with Gasteiger partial charge in [-0.05, 0) is 36.8 Å². The highest BCUT2D eigenvalue weighted by atomic mass is 35.5. The highest BCUT2D eigenvalue weighted by Gasteiger charge is 2.02. The molecule has 0 atom stereocenters. The number of para-hydroxylation sites is 1. The van der Waals surface area contributed by atoms with E-state index in [2.05, 4.69) is 5.32 Å². The average molecular weight is 292 g/mol. The standard InChI is InChI=1S/C16H18ClNO2/c1-19-16-9-8-13(17)12-15(16)18-10-5-11-20-14-6-3-2-4-7-14/h2-4,6-9,12,18H,5,10-11H2,1H3. The molecule has 0 unspecified atom stereocenters. The van der Waals surface area contributed by atoms with Crippen molar-refractivity contribution in [2.24, 2.45) is 0 Å². The molecule has 0 saturated carbocycles. The van der Waals surface area contributed by atoms with Crippen molar-refractivity contribution in [3.8, 4) is 11.5 Å². The molecule has 0 amide bonds. The molecule has 2 aromatic rings. The molecule has 2 aromatic carbocycles. The van der Waals surface area contributed by atoms with Crippen molar-refractivity contribution >= 4 is 17.3 Å². The molecule has 0 saturated heterocycles. The molecular formula is C16H18ClNO2. The van der Waals surface area contributed by atoms with Crippen LogP contribution in [-0.4, -0.2) is 20.3 Å². The lowest BCUT2D eigenvalue weighted by Gasteiger charge is -2.12. The van der Waals surface area contributed by atoms with E-state index >= 15 is 0 Å². The Kier molecular flexibility index (Phi) is 5.56. The second-order valence-electron chi connectivity index (χ2n) is 4.29. The number of hydrogen-bond donors (Lipinski definition) is 1. The maximum atomic E-state index is 5.97. The summed E-state index contributed by atoms with van der Waals surface area (Å²) < 4.78 is 10.9. The smallest absolute Gasteiger partial charge is 0.142 e. The highest BCUT2D eigenvalue weighted by Crippen LogP contribution is 2.27. The third kappa shape index (κ3) is 4.35. The van der Waals surface area contributed by atoms with E-state index in [4.69, 9.17) is 21.1 Å². The van der Waals surface area contributed by atoms with E-state index in [0.29, 0.717) is 11.6 Å². The van der Waals surface area contributed by atoms with Gasteiger partial charge in [0.25, 0.3) is 0 Å². The van der Waals surface area contributed by atoms with Gasteiger partial charge in [0.2, 0.25) is 0 Å². The molecule has 3 nitrogen and oxygen atoms in total. The number of rotatable bonds is 7. The van der Waals surface area contributed by atoms with E-state index in [1.54, 1.807) is 7.11 Å². The predicted molar refractivity (Wildman–Crippen MR) is 83.0 cm³/mol. The molecule has 0 spiro atoms. The van der Waals surface area contributed by atoms with Crippen LogP contribution in [0.25, 0.3) is 0 Å². The fourth-order valence-corrected chi connectivity index (χ4v) is 1.99. The Bertz CT molecular complexity index is 531. The Hall–Kier alpha value is -1.87. The van der Waals surface area contributed by atoms with Crippen LogP contribution in [0.5, 0.6) is 11.5 Å². The lowest BCUT2D eigenvalue weighted by atomic mass is 10.3. The Morgan fingerprint density at radius 1 is 1.10 bits per heavy atom. The number of ether oxygens (including phenoxy) is 2. The number of methoxy groups -OCH3 is 1. The summed E-state index contributed by atoms with van der Waals surface area (Å²) in [6.07, 6.45) is 0.893. The van der Waals surface area contributed by atoms with Gasteiger partial charge in [0, 0.05) is 11.6 Å². The van der Waals surface area contributed by atoms with Crippen LogP contribution in [0.1, 0.15) is 6.42 Å². The van der Waals surface area contributed by atoms with E-state index in [1.807, 2.05) is 48.5 Å². The molecule has 0 radical (unpaired) electrons. The molecule has 0 aliphatic heterocycles. The van der Waals surface area contributed by atoms with Crippen LogP contribution in [0.2, 0.25) is 5.02 Å². The number of benzene rings is 2. The summed E-state index contributed by atoms with van der Waals surface area (Å²) in [5.41, 5.74) is 0.903. The van der Waals surface area contributed by atoms with E-state index in [1.165, 1.54) is 0 Å². The molecule has 0 bridgehead atoms. The molecule has 0 aliphatic carbocycles. The van der Waals surface area contributed by atoms with E-state index < -0.39 is 0 Å². The molecule has 4 heteroatoms. The van der Waals surface area contributed by atoms with E-state index in [0.717, 1.165) is 30.2 Å². The summed E-state index contributed by atoms with van der Waals surface area (Å²) in [7, 11) is 1.65. The molecule has 20 heavy (non-hydrogen) atoms. The fourth-order valence-electron chi connectivity index (χ4n) is 1.82. The molecule has 106 valence electrons. The minimum atomic E-state index is 0.667. The predicted octanol–water partition coefficient (Wildman–Crippen LogP) is 4.23. The Morgan fingerprint density at radius 2 is 1.90 bits per heavy atom. The van der Waals surface area contributed by atoms with Gasteiger partial charge in [0.05, 0.1) is 19.4 Å². The summed E-state index contributed by atoms with van der Waals surface area (Å²) in [6.45, 7) is 1.46. The van der Waals surface area contributed by atoms with Gasteiger partial charge >= 0.3 is 0 Å². The van der Waals surface area contributed by atoms with Gasteiger partial charge in [-0.25, -0.2) is 0 Å². The van der Waals surface area contributed by atoms with Crippen molar-refractivity contribution in [1.29, 1.82) is 0 Å². The lowest BCUT2D eigenvalue weighted by Crippen LogP contribution is -2.08. The normalized spacial score (nSPS) is 10.1. The number of nitrogens with one attached hydrogen (secondary N) is 1. The number of anilines is 1. The van der Waals surface area contributed by atoms with Crippen molar-refractivity contribution in [3.05, 3.63) is 53.6 Å². The van der Waals surface area contributed by atoms with Crippen LogP contribution in [0.3, 0.4) is 0 Å². The summed E-state index contributed by atoms with van der Waals surface area (Å²) in [6, 6.07) is 15.3. The Morgan fingerprint density at radius 3 is 2.65 bits per heavy atom. The van der Waals surface area contributed by atoms with E-state index in [-0.39, 0.29) is 0 Å².